The highest BCUT2D eigenvalue weighted by molar-refractivity contribution is 7.98. The normalized spacial score (nSPS) is 10.3. The molecule has 0 saturated heterocycles. The van der Waals surface area contributed by atoms with E-state index in [2.05, 4.69) is 0 Å². The van der Waals surface area contributed by atoms with E-state index in [1.807, 2.05) is 49.6 Å². The van der Waals surface area contributed by atoms with Gasteiger partial charge in [0, 0.05) is 16.0 Å². The zero-order valence-corrected chi connectivity index (χ0v) is 12.1. The summed E-state index contributed by atoms with van der Waals surface area (Å²) >= 11 is 1.66. The van der Waals surface area contributed by atoms with Gasteiger partial charge in [-0.1, -0.05) is 12.1 Å². The summed E-state index contributed by atoms with van der Waals surface area (Å²) in [6, 6.07) is 13.2. The largest absolute Gasteiger partial charge is 0.496 e. The highest BCUT2D eigenvalue weighted by Crippen LogP contribution is 2.22. The number of ketones is 1. The van der Waals surface area contributed by atoms with E-state index >= 15 is 0 Å². The third kappa shape index (κ3) is 2.99. The molecule has 0 bridgehead atoms. The Morgan fingerprint density at radius 3 is 2.26 bits per heavy atom. The second-order valence-corrected chi connectivity index (χ2v) is 5.12. The summed E-state index contributed by atoms with van der Waals surface area (Å²) in [7, 11) is 1.61. The van der Waals surface area contributed by atoms with Crippen molar-refractivity contribution in [2.24, 2.45) is 0 Å². The van der Waals surface area contributed by atoms with Crippen LogP contribution in [0.4, 0.5) is 0 Å². The van der Waals surface area contributed by atoms with Crippen LogP contribution in [0.25, 0.3) is 0 Å². The molecule has 98 valence electrons. The average molecular weight is 272 g/mol. The fourth-order valence-electron chi connectivity index (χ4n) is 1.87. The number of benzene rings is 2. The molecule has 2 rings (SSSR count). The van der Waals surface area contributed by atoms with Crippen LogP contribution in [0.3, 0.4) is 0 Å². The van der Waals surface area contributed by atoms with Gasteiger partial charge < -0.3 is 4.74 Å². The predicted molar refractivity (Wildman–Crippen MR) is 79.4 cm³/mol. The zero-order valence-electron chi connectivity index (χ0n) is 11.3. The quantitative estimate of drug-likeness (QED) is 0.622. The average Bonchev–Trinajstić information content (AvgIpc) is 2.47. The maximum atomic E-state index is 12.4. The molecular formula is C16H16O2S. The molecule has 0 atom stereocenters. The van der Waals surface area contributed by atoms with Crippen molar-refractivity contribution in [1.82, 2.24) is 0 Å². The summed E-state index contributed by atoms with van der Waals surface area (Å²) in [5.74, 6) is 0.762. The molecule has 0 saturated carbocycles. The predicted octanol–water partition coefficient (Wildman–Crippen LogP) is 3.96. The van der Waals surface area contributed by atoms with E-state index in [0.717, 1.165) is 16.2 Å². The Kier molecular flexibility index (Phi) is 4.27. The first-order valence-corrected chi connectivity index (χ1v) is 7.21. The fourth-order valence-corrected chi connectivity index (χ4v) is 2.28. The lowest BCUT2D eigenvalue weighted by Crippen LogP contribution is -2.02. The van der Waals surface area contributed by atoms with Gasteiger partial charge in [-0.2, -0.15) is 0 Å². The Morgan fingerprint density at radius 2 is 1.68 bits per heavy atom. The van der Waals surface area contributed by atoms with Gasteiger partial charge in [0.1, 0.15) is 5.75 Å². The molecule has 0 N–H and O–H groups in total. The van der Waals surface area contributed by atoms with E-state index < -0.39 is 0 Å². The maximum absolute atomic E-state index is 12.4. The summed E-state index contributed by atoms with van der Waals surface area (Å²) in [5, 5.41) is 0. The Balaban J connectivity index is 2.32. The molecule has 0 radical (unpaired) electrons. The van der Waals surface area contributed by atoms with E-state index in [4.69, 9.17) is 4.74 Å². The monoisotopic (exact) mass is 272 g/mol. The highest BCUT2D eigenvalue weighted by Gasteiger charge is 2.11. The van der Waals surface area contributed by atoms with Crippen molar-refractivity contribution < 1.29 is 9.53 Å². The summed E-state index contributed by atoms with van der Waals surface area (Å²) in [6.45, 7) is 1.96. The Bertz CT molecular complexity index is 588. The van der Waals surface area contributed by atoms with Crippen LogP contribution in [0.15, 0.2) is 47.4 Å². The molecule has 19 heavy (non-hydrogen) atoms. The minimum Gasteiger partial charge on any atom is -0.496 e. The number of ether oxygens (including phenoxy) is 1. The number of aryl methyl sites for hydroxylation is 1. The van der Waals surface area contributed by atoms with Crippen molar-refractivity contribution in [3.8, 4) is 5.75 Å². The van der Waals surface area contributed by atoms with Gasteiger partial charge in [-0.3, -0.25) is 4.79 Å². The number of hydrogen-bond donors (Lipinski definition) is 0. The molecule has 0 fully saturated rings. The van der Waals surface area contributed by atoms with Crippen LogP contribution in [0.1, 0.15) is 21.5 Å². The van der Waals surface area contributed by atoms with Crippen molar-refractivity contribution in [2.75, 3.05) is 13.4 Å². The van der Waals surface area contributed by atoms with Gasteiger partial charge >= 0.3 is 0 Å². The second kappa shape index (κ2) is 5.93. The molecule has 0 aliphatic heterocycles. The maximum Gasteiger partial charge on any atom is 0.193 e. The van der Waals surface area contributed by atoms with Gasteiger partial charge in [-0.15, -0.1) is 11.8 Å². The second-order valence-electron chi connectivity index (χ2n) is 4.24. The summed E-state index contributed by atoms with van der Waals surface area (Å²) in [6.07, 6.45) is 2.02. The molecule has 0 aliphatic carbocycles. The lowest BCUT2D eigenvalue weighted by Gasteiger charge is -2.07. The Morgan fingerprint density at radius 1 is 1.05 bits per heavy atom. The van der Waals surface area contributed by atoms with Crippen molar-refractivity contribution in [3.63, 3.8) is 0 Å². The molecular weight excluding hydrogens is 256 g/mol. The lowest BCUT2D eigenvalue weighted by atomic mass is 10.0. The summed E-state index contributed by atoms with van der Waals surface area (Å²) < 4.78 is 5.25. The van der Waals surface area contributed by atoms with E-state index in [9.17, 15) is 4.79 Å². The molecule has 0 aliphatic rings. The molecule has 0 spiro atoms. The number of carbonyl (C=O) groups excluding carboxylic acids is 1. The van der Waals surface area contributed by atoms with Crippen LogP contribution in [0.2, 0.25) is 0 Å². The number of carbonyl (C=O) groups is 1. The molecule has 0 unspecified atom stereocenters. The third-order valence-corrected chi connectivity index (χ3v) is 3.77. The molecule has 2 nitrogen and oxygen atoms in total. The van der Waals surface area contributed by atoms with Crippen molar-refractivity contribution in [3.05, 3.63) is 59.2 Å². The lowest BCUT2D eigenvalue weighted by molar-refractivity contribution is 0.103. The third-order valence-electron chi connectivity index (χ3n) is 3.02. The van der Waals surface area contributed by atoms with Crippen LogP contribution in [0.5, 0.6) is 5.75 Å². The van der Waals surface area contributed by atoms with Gasteiger partial charge in [-0.25, -0.2) is 0 Å². The molecule has 0 aromatic heterocycles. The van der Waals surface area contributed by atoms with Gasteiger partial charge in [-0.05, 0) is 49.1 Å². The Labute approximate surface area is 117 Å². The number of hydrogen-bond acceptors (Lipinski definition) is 3. The Hall–Kier alpha value is -1.74. The highest BCUT2D eigenvalue weighted by atomic mass is 32.2. The SMILES string of the molecule is COc1cc(C(=O)c2ccc(SC)cc2)ccc1C. The smallest absolute Gasteiger partial charge is 0.193 e. The van der Waals surface area contributed by atoms with Crippen LogP contribution in [0, 0.1) is 6.92 Å². The van der Waals surface area contributed by atoms with E-state index in [1.165, 1.54) is 0 Å². The van der Waals surface area contributed by atoms with Crippen molar-refractivity contribution in [2.45, 2.75) is 11.8 Å². The summed E-state index contributed by atoms with van der Waals surface area (Å²) in [4.78, 5) is 13.5. The standard InChI is InChI=1S/C16H16O2S/c1-11-4-5-13(10-15(11)18-2)16(17)12-6-8-14(19-3)9-7-12/h4-10H,1-3H3. The number of rotatable bonds is 4. The van der Waals surface area contributed by atoms with Gasteiger partial charge in [0.2, 0.25) is 0 Å². The van der Waals surface area contributed by atoms with Gasteiger partial charge in [0.25, 0.3) is 0 Å². The van der Waals surface area contributed by atoms with Crippen LogP contribution >= 0.6 is 11.8 Å². The fraction of sp³-hybridized carbons (Fsp3) is 0.188. The molecule has 0 amide bonds. The van der Waals surface area contributed by atoms with Crippen LogP contribution in [-0.4, -0.2) is 19.1 Å². The zero-order chi connectivity index (χ0) is 13.8. The number of methoxy groups -OCH3 is 1. The van der Waals surface area contributed by atoms with E-state index in [0.29, 0.717) is 11.1 Å². The van der Waals surface area contributed by atoms with Crippen LogP contribution in [-0.2, 0) is 0 Å². The minimum absolute atomic E-state index is 0.0194. The summed E-state index contributed by atoms with van der Waals surface area (Å²) in [5.41, 5.74) is 2.37. The van der Waals surface area contributed by atoms with E-state index in [-0.39, 0.29) is 5.78 Å². The van der Waals surface area contributed by atoms with Gasteiger partial charge in [0.15, 0.2) is 5.78 Å². The minimum atomic E-state index is 0.0194. The molecule has 3 heteroatoms. The van der Waals surface area contributed by atoms with E-state index in [1.54, 1.807) is 24.9 Å². The first-order valence-electron chi connectivity index (χ1n) is 5.99. The van der Waals surface area contributed by atoms with Crippen molar-refractivity contribution in [1.29, 1.82) is 0 Å². The molecule has 2 aromatic rings. The van der Waals surface area contributed by atoms with Crippen LogP contribution < -0.4 is 4.74 Å². The molecule has 2 aromatic carbocycles. The number of thioether (sulfide) groups is 1. The topological polar surface area (TPSA) is 26.3 Å². The van der Waals surface area contributed by atoms with Crippen molar-refractivity contribution >= 4 is 17.5 Å². The first-order chi connectivity index (χ1) is 9.15. The first kappa shape index (κ1) is 13.7. The molecule has 0 heterocycles. The van der Waals surface area contributed by atoms with Gasteiger partial charge in [0.05, 0.1) is 7.11 Å².